The number of benzene rings is 2. The molecule has 0 radical (unpaired) electrons. The van der Waals surface area contributed by atoms with Crippen LogP contribution < -0.4 is 5.32 Å². The number of methoxy groups -OCH3 is 1. The van der Waals surface area contributed by atoms with Crippen molar-refractivity contribution in [3.05, 3.63) is 59.2 Å². The van der Waals surface area contributed by atoms with Crippen LogP contribution in [-0.2, 0) is 11.3 Å². The first kappa shape index (κ1) is 13.9. The summed E-state index contributed by atoms with van der Waals surface area (Å²) in [6.45, 7) is 2.44. The zero-order valence-corrected chi connectivity index (χ0v) is 11.5. The number of hydrogen-bond donors (Lipinski definition) is 2. The Kier molecular flexibility index (Phi) is 4.25. The lowest BCUT2D eigenvalue weighted by molar-refractivity contribution is 0.0601. The molecule has 0 atom stereocenters. The molecule has 2 rings (SSSR count). The highest BCUT2D eigenvalue weighted by atomic mass is 16.5. The molecule has 4 heteroatoms. The van der Waals surface area contributed by atoms with Crippen molar-refractivity contribution in [1.29, 1.82) is 0 Å². The maximum atomic E-state index is 11.5. The maximum Gasteiger partial charge on any atom is 0.337 e. The van der Waals surface area contributed by atoms with Crippen LogP contribution >= 0.6 is 0 Å². The molecule has 0 aliphatic carbocycles. The summed E-state index contributed by atoms with van der Waals surface area (Å²) < 4.78 is 4.71. The number of phenols is 1. The van der Waals surface area contributed by atoms with E-state index in [1.807, 2.05) is 25.1 Å². The molecule has 0 spiro atoms. The van der Waals surface area contributed by atoms with Gasteiger partial charge in [-0.15, -0.1) is 0 Å². The number of anilines is 1. The van der Waals surface area contributed by atoms with Gasteiger partial charge in [0, 0.05) is 17.8 Å². The van der Waals surface area contributed by atoms with E-state index in [2.05, 4.69) is 5.32 Å². The quantitative estimate of drug-likeness (QED) is 0.839. The topological polar surface area (TPSA) is 58.6 Å². The molecule has 0 heterocycles. The molecule has 4 nitrogen and oxygen atoms in total. The van der Waals surface area contributed by atoms with Crippen LogP contribution in [0.5, 0.6) is 5.75 Å². The number of aryl methyl sites for hydroxylation is 1. The molecule has 0 saturated carbocycles. The maximum absolute atomic E-state index is 11.5. The van der Waals surface area contributed by atoms with Gasteiger partial charge in [-0.2, -0.15) is 0 Å². The van der Waals surface area contributed by atoms with Crippen LogP contribution in [-0.4, -0.2) is 18.2 Å². The van der Waals surface area contributed by atoms with E-state index < -0.39 is 0 Å². The minimum atomic E-state index is -0.365. The minimum absolute atomic E-state index is 0.252. The molecule has 2 aromatic rings. The van der Waals surface area contributed by atoms with Crippen LogP contribution in [0.15, 0.2) is 42.5 Å². The fourth-order valence-electron chi connectivity index (χ4n) is 1.91. The summed E-state index contributed by atoms with van der Waals surface area (Å²) in [7, 11) is 1.36. The molecule has 0 saturated heterocycles. The van der Waals surface area contributed by atoms with Crippen molar-refractivity contribution >= 4 is 11.7 Å². The Hall–Kier alpha value is -2.49. The number of phenolic OH excluding ortho intramolecular Hbond substituents is 1. The number of nitrogens with one attached hydrogen (secondary N) is 1. The Morgan fingerprint density at radius 2 is 2.00 bits per heavy atom. The molecule has 2 aromatic carbocycles. The first-order valence-corrected chi connectivity index (χ1v) is 6.31. The Balaban J connectivity index is 2.17. The molecule has 104 valence electrons. The van der Waals surface area contributed by atoms with Crippen molar-refractivity contribution in [2.24, 2.45) is 0 Å². The van der Waals surface area contributed by atoms with Gasteiger partial charge in [0.1, 0.15) is 5.75 Å². The van der Waals surface area contributed by atoms with Gasteiger partial charge in [-0.25, -0.2) is 4.79 Å². The molecule has 0 fully saturated rings. The number of rotatable bonds is 4. The third-order valence-corrected chi connectivity index (χ3v) is 3.12. The normalized spacial score (nSPS) is 10.1. The summed E-state index contributed by atoms with van der Waals surface area (Å²) in [5.74, 6) is -0.114. The van der Waals surface area contributed by atoms with Gasteiger partial charge in [-0.3, -0.25) is 0 Å². The smallest absolute Gasteiger partial charge is 0.337 e. The van der Waals surface area contributed by atoms with E-state index in [9.17, 15) is 9.90 Å². The van der Waals surface area contributed by atoms with Crippen molar-refractivity contribution in [1.82, 2.24) is 0 Å². The molecule has 2 N–H and O–H groups in total. The fourth-order valence-corrected chi connectivity index (χ4v) is 1.91. The summed E-state index contributed by atoms with van der Waals surface area (Å²) in [6, 6.07) is 12.5. The average Bonchev–Trinajstić information content (AvgIpc) is 2.47. The zero-order chi connectivity index (χ0) is 14.5. The molecule has 0 aliphatic rings. The van der Waals surface area contributed by atoms with Crippen LogP contribution in [0, 0.1) is 6.92 Å². The Labute approximate surface area is 118 Å². The van der Waals surface area contributed by atoms with Gasteiger partial charge >= 0.3 is 5.97 Å². The predicted molar refractivity (Wildman–Crippen MR) is 78.0 cm³/mol. The second kappa shape index (κ2) is 6.10. The number of para-hydroxylation sites is 1. The van der Waals surface area contributed by atoms with Crippen molar-refractivity contribution in [2.75, 3.05) is 12.4 Å². The summed E-state index contributed by atoms with van der Waals surface area (Å²) in [6.07, 6.45) is 0. The number of ether oxygens (including phenoxy) is 1. The second-order valence-electron chi connectivity index (χ2n) is 4.50. The first-order valence-electron chi connectivity index (χ1n) is 6.31. The van der Waals surface area contributed by atoms with Gasteiger partial charge in [0.05, 0.1) is 12.7 Å². The third-order valence-electron chi connectivity index (χ3n) is 3.12. The molecule has 0 unspecified atom stereocenters. The highest BCUT2D eigenvalue weighted by Crippen LogP contribution is 2.21. The van der Waals surface area contributed by atoms with Gasteiger partial charge in [-0.1, -0.05) is 24.3 Å². The number of esters is 1. The van der Waals surface area contributed by atoms with E-state index >= 15 is 0 Å². The van der Waals surface area contributed by atoms with Crippen LogP contribution in [0.1, 0.15) is 21.5 Å². The van der Waals surface area contributed by atoms with Gasteiger partial charge in [0.2, 0.25) is 0 Å². The molecule has 0 bridgehead atoms. The van der Waals surface area contributed by atoms with Crippen molar-refractivity contribution < 1.29 is 14.6 Å². The highest BCUT2D eigenvalue weighted by Gasteiger charge is 2.08. The van der Waals surface area contributed by atoms with Gasteiger partial charge in [0.25, 0.3) is 0 Å². The van der Waals surface area contributed by atoms with Gasteiger partial charge in [0.15, 0.2) is 0 Å². The van der Waals surface area contributed by atoms with Crippen LogP contribution in [0.4, 0.5) is 5.69 Å². The second-order valence-corrected chi connectivity index (χ2v) is 4.50. The van der Waals surface area contributed by atoms with Crippen molar-refractivity contribution in [3.63, 3.8) is 0 Å². The number of aromatic hydroxyl groups is 1. The highest BCUT2D eigenvalue weighted by molar-refractivity contribution is 5.90. The van der Waals surface area contributed by atoms with Gasteiger partial charge < -0.3 is 15.2 Å². The molecule has 0 amide bonds. The Morgan fingerprint density at radius 3 is 2.70 bits per heavy atom. The minimum Gasteiger partial charge on any atom is -0.508 e. The predicted octanol–water partition coefficient (Wildman–Crippen LogP) is 3.10. The Bertz CT molecular complexity index is 623. The molecular weight excluding hydrogens is 254 g/mol. The van der Waals surface area contributed by atoms with Crippen molar-refractivity contribution in [2.45, 2.75) is 13.5 Å². The number of carbonyl (C=O) groups is 1. The monoisotopic (exact) mass is 271 g/mol. The molecule has 0 aliphatic heterocycles. The van der Waals surface area contributed by atoms with Crippen LogP contribution in [0.3, 0.4) is 0 Å². The molecule has 20 heavy (non-hydrogen) atoms. The summed E-state index contributed by atoms with van der Waals surface area (Å²) in [5, 5.41) is 12.9. The van der Waals surface area contributed by atoms with Gasteiger partial charge in [-0.05, 0) is 30.7 Å². The summed E-state index contributed by atoms with van der Waals surface area (Å²) in [5.41, 5.74) is 3.16. The Morgan fingerprint density at radius 1 is 1.25 bits per heavy atom. The SMILES string of the molecule is COC(=O)c1ccc(C)c(NCc2ccccc2O)c1. The standard InChI is InChI=1S/C16H17NO3/c1-11-7-8-12(16(19)20-2)9-14(11)17-10-13-5-3-4-6-15(13)18/h3-9,17-18H,10H2,1-2H3. The summed E-state index contributed by atoms with van der Waals surface area (Å²) in [4.78, 5) is 11.5. The molecular formula is C16H17NO3. The largest absolute Gasteiger partial charge is 0.508 e. The number of hydrogen-bond acceptors (Lipinski definition) is 4. The van der Waals surface area contributed by atoms with Crippen molar-refractivity contribution in [3.8, 4) is 5.75 Å². The van der Waals surface area contributed by atoms with E-state index in [4.69, 9.17) is 4.74 Å². The zero-order valence-electron chi connectivity index (χ0n) is 11.5. The first-order chi connectivity index (χ1) is 9.61. The lowest BCUT2D eigenvalue weighted by atomic mass is 10.1. The van der Waals surface area contributed by atoms with E-state index in [0.717, 1.165) is 16.8 Å². The van der Waals surface area contributed by atoms with E-state index in [-0.39, 0.29) is 11.7 Å². The fraction of sp³-hybridized carbons (Fsp3) is 0.188. The van der Waals surface area contributed by atoms with E-state index in [0.29, 0.717) is 12.1 Å². The van der Waals surface area contributed by atoms with Crippen LogP contribution in [0.2, 0.25) is 0 Å². The number of carbonyl (C=O) groups excluding carboxylic acids is 1. The average molecular weight is 271 g/mol. The van der Waals surface area contributed by atoms with E-state index in [1.165, 1.54) is 7.11 Å². The molecule has 0 aromatic heterocycles. The lowest BCUT2D eigenvalue weighted by Gasteiger charge is -2.12. The summed E-state index contributed by atoms with van der Waals surface area (Å²) >= 11 is 0. The van der Waals surface area contributed by atoms with Crippen LogP contribution in [0.25, 0.3) is 0 Å². The lowest BCUT2D eigenvalue weighted by Crippen LogP contribution is -2.05. The third kappa shape index (κ3) is 3.09. The van der Waals surface area contributed by atoms with E-state index in [1.54, 1.807) is 24.3 Å².